The van der Waals surface area contributed by atoms with Gasteiger partial charge >= 0.3 is 5.97 Å². The zero-order chi connectivity index (χ0) is 21.3. The summed E-state index contributed by atoms with van der Waals surface area (Å²) in [5, 5.41) is 3.41. The molecule has 1 N–H and O–H groups in total. The number of esters is 1. The van der Waals surface area contributed by atoms with Crippen LogP contribution < -0.4 is 10.9 Å². The maximum absolute atomic E-state index is 12.7. The van der Waals surface area contributed by atoms with Gasteiger partial charge in [-0.1, -0.05) is 24.3 Å². The second kappa shape index (κ2) is 7.82. The van der Waals surface area contributed by atoms with E-state index < -0.39 is 23.5 Å². The smallest absolute Gasteiger partial charge is 0.326 e. The number of amides is 1. The summed E-state index contributed by atoms with van der Waals surface area (Å²) in [5.74, 6) is -1.20. The van der Waals surface area contributed by atoms with Gasteiger partial charge in [0.1, 0.15) is 17.6 Å². The SMILES string of the molecule is Cc1cccc(NC(=O)C(C)OC(=O)Cn2cnc3c(oc4ccccc43)c2=O)c1. The predicted octanol–water partition coefficient (Wildman–Crippen LogP) is 3.02. The molecule has 4 aromatic rings. The number of aromatic nitrogens is 2. The number of para-hydroxylation sites is 1. The molecular formula is C22H19N3O5. The number of nitrogens with one attached hydrogen (secondary N) is 1. The minimum Gasteiger partial charge on any atom is -0.451 e. The van der Waals surface area contributed by atoms with E-state index in [2.05, 4.69) is 10.3 Å². The second-order valence-corrected chi connectivity index (χ2v) is 6.94. The fourth-order valence-electron chi connectivity index (χ4n) is 3.12. The van der Waals surface area contributed by atoms with Gasteiger partial charge in [-0.2, -0.15) is 0 Å². The quantitative estimate of drug-likeness (QED) is 0.512. The van der Waals surface area contributed by atoms with Gasteiger partial charge in [-0.05, 0) is 43.7 Å². The highest BCUT2D eigenvalue weighted by atomic mass is 16.5. The Morgan fingerprint density at radius 2 is 2.00 bits per heavy atom. The maximum Gasteiger partial charge on any atom is 0.326 e. The average molecular weight is 405 g/mol. The second-order valence-electron chi connectivity index (χ2n) is 6.94. The Bertz CT molecular complexity index is 1320. The molecule has 8 nitrogen and oxygen atoms in total. The summed E-state index contributed by atoms with van der Waals surface area (Å²) in [6.45, 7) is 2.98. The minimum absolute atomic E-state index is 0.0664. The Morgan fingerprint density at radius 1 is 1.20 bits per heavy atom. The van der Waals surface area contributed by atoms with Gasteiger partial charge in [0.25, 0.3) is 11.5 Å². The van der Waals surface area contributed by atoms with Crippen LogP contribution in [0.4, 0.5) is 5.69 Å². The Balaban J connectivity index is 1.46. The molecule has 0 aliphatic heterocycles. The van der Waals surface area contributed by atoms with E-state index in [-0.39, 0.29) is 12.1 Å². The standard InChI is InChI=1S/C22H19N3O5/c1-13-6-5-7-15(10-13)24-21(27)14(2)29-18(26)11-25-12-23-19-16-8-3-4-9-17(16)30-20(19)22(25)28/h3-10,12,14H,11H2,1-2H3,(H,24,27). The summed E-state index contributed by atoms with van der Waals surface area (Å²) in [6, 6.07) is 14.4. The number of carbonyl (C=O) groups is 2. The third kappa shape index (κ3) is 3.80. The lowest BCUT2D eigenvalue weighted by molar-refractivity contribution is -0.153. The molecule has 0 aliphatic carbocycles. The summed E-state index contributed by atoms with van der Waals surface area (Å²) in [4.78, 5) is 41.5. The van der Waals surface area contributed by atoms with Gasteiger partial charge in [0.15, 0.2) is 6.10 Å². The van der Waals surface area contributed by atoms with Crippen LogP contribution in [-0.4, -0.2) is 27.5 Å². The molecule has 4 rings (SSSR count). The number of ether oxygens (including phenoxy) is 1. The van der Waals surface area contributed by atoms with Gasteiger partial charge in [-0.25, -0.2) is 4.98 Å². The van der Waals surface area contributed by atoms with Crippen LogP contribution in [0.1, 0.15) is 12.5 Å². The topological polar surface area (TPSA) is 103 Å². The Kier molecular flexibility index (Phi) is 5.05. The highest BCUT2D eigenvalue weighted by molar-refractivity contribution is 6.01. The monoisotopic (exact) mass is 405 g/mol. The first-order chi connectivity index (χ1) is 14.4. The minimum atomic E-state index is -1.03. The predicted molar refractivity (Wildman–Crippen MR) is 111 cm³/mol. The lowest BCUT2D eigenvalue weighted by atomic mass is 10.2. The molecule has 8 heteroatoms. The number of fused-ring (bicyclic) bond motifs is 3. The maximum atomic E-state index is 12.7. The molecule has 152 valence electrons. The number of anilines is 1. The van der Waals surface area contributed by atoms with Crippen LogP contribution in [0.5, 0.6) is 0 Å². The zero-order valence-electron chi connectivity index (χ0n) is 16.4. The van der Waals surface area contributed by atoms with E-state index >= 15 is 0 Å². The molecule has 0 bridgehead atoms. The summed E-state index contributed by atoms with van der Waals surface area (Å²) >= 11 is 0. The van der Waals surface area contributed by atoms with Crippen molar-refractivity contribution in [3.8, 4) is 0 Å². The van der Waals surface area contributed by atoms with Crippen molar-refractivity contribution in [3.63, 3.8) is 0 Å². The molecule has 1 atom stereocenters. The van der Waals surface area contributed by atoms with E-state index in [9.17, 15) is 14.4 Å². The fourth-order valence-corrected chi connectivity index (χ4v) is 3.12. The van der Waals surface area contributed by atoms with Crippen LogP contribution in [-0.2, 0) is 20.9 Å². The Hall–Kier alpha value is -3.94. The number of aryl methyl sites for hydroxylation is 1. The molecule has 0 radical (unpaired) electrons. The molecule has 1 unspecified atom stereocenters. The molecular weight excluding hydrogens is 386 g/mol. The number of rotatable bonds is 5. The first-order valence-corrected chi connectivity index (χ1v) is 9.36. The van der Waals surface area contributed by atoms with Crippen molar-refractivity contribution in [2.75, 3.05) is 5.32 Å². The summed E-state index contributed by atoms with van der Waals surface area (Å²) in [5.41, 5.74) is 2.15. The molecule has 2 heterocycles. The van der Waals surface area contributed by atoms with Crippen molar-refractivity contribution in [1.29, 1.82) is 0 Å². The van der Waals surface area contributed by atoms with Gasteiger partial charge < -0.3 is 14.5 Å². The van der Waals surface area contributed by atoms with E-state index in [0.717, 1.165) is 15.5 Å². The molecule has 0 aliphatic rings. The van der Waals surface area contributed by atoms with E-state index in [1.165, 1.54) is 13.3 Å². The zero-order valence-corrected chi connectivity index (χ0v) is 16.4. The lowest BCUT2D eigenvalue weighted by Crippen LogP contribution is -2.33. The van der Waals surface area contributed by atoms with E-state index in [0.29, 0.717) is 16.8 Å². The van der Waals surface area contributed by atoms with Gasteiger partial charge in [-0.15, -0.1) is 0 Å². The number of hydrogen-bond acceptors (Lipinski definition) is 6. The van der Waals surface area contributed by atoms with Crippen LogP contribution in [0.25, 0.3) is 22.1 Å². The molecule has 30 heavy (non-hydrogen) atoms. The third-order valence-electron chi connectivity index (χ3n) is 4.61. The van der Waals surface area contributed by atoms with Crippen molar-refractivity contribution in [2.24, 2.45) is 0 Å². The van der Waals surface area contributed by atoms with Crippen molar-refractivity contribution in [1.82, 2.24) is 9.55 Å². The van der Waals surface area contributed by atoms with E-state index in [1.807, 2.05) is 25.1 Å². The number of furan rings is 1. The first kappa shape index (κ1) is 19.4. The van der Waals surface area contributed by atoms with Crippen LogP contribution in [0.3, 0.4) is 0 Å². The molecule has 0 saturated heterocycles. The molecule has 0 fully saturated rings. The number of benzene rings is 2. The number of hydrogen-bond donors (Lipinski definition) is 1. The van der Waals surface area contributed by atoms with Crippen molar-refractivity contribution >= 4 is 39.6 Å². The Labute approximate surface area is 171 Å². The van der Waals surface area contributed by atoms with Crippen LogP contribution in [0, 0.1) is 6.92 Å². The van der Waals surface area contributed by atoms with Crippen LogP contribution in [0.2, 0.25) is 0 Å². The lowest BCUT2D eigenvalue weighted by Gasteiger charge is -2.14. The molecule has 0 spiro atoms. The van der Waals surface area contributed by atoms with E-state index in [1.54, 1.807) is 30.3 Å². The highest BCUT2D eigenvalue weighted by Gasteiger charge is 2.20. The van der Waals surface area contributed by atoms with Crippen molar-refractivity contribution < 1.29 is 18.7 Å². The van der Waals surface area contributed by atoms with Gasteiger partial charge in [0, 0.05) is 11.1 Å². The molecule has 1 amide bonds. The normalized spacial score (nSPS) is 12.1. The summed E-state index contributed by atoms with van der Waals surface area (Å²) in [6.07, 6.45) is 0.238. The highest BCUT2D eigenvalue weighted by Crippen LogP contribution is 2.24. The summed E-state index contributed by atoms with van der Waals surface area (Å²) < 4.78 is 11.9. The first-order valence-electron chi connectivity index (χ1n) is 9.36. The van der Waals surface area contributed by atoms with Gasteiger partial charge in [-0.3, -0.25) is 19.0 Å². The summed E-state index contributed by atoms with van der Waals surface area (Å²) in [7, 11) is 0. The van der Waals surface area contributed by atoms with Crippen LogP contribution in [0.15, 0.2) is 64.1 Å². The third-order valence-corrected chi connectivity index (χ3v) is 4.61. The molecule has 0 saturated carbocycles. The largest absolute Gasteiger partial charge is 0.451 e. The van der Waals surface area contributed by atoms with Crippen molar-refractivity contribution in [3.05, 3.63) is 70.8 Å². The van der Waals surface area contributed by atoms with E-state index in [4.69, 9.17) is 9.15 Å². The van der Waals surface area contributed by atoms with Crippen LogP contribution >= 0.6 is 0 Å². The van der Waals surface area contributed by atoms with Crippen molar-refractivity contribution in [2.45, 2.75) is 26.5 Å². The molecule has 2 aromatic carbocycles. The number of carbonyl (C=O) groups excluding carboxylic acids is 2. The fraction of sp³-hybridized carbons (Fsp3) is 0.182. The molecule has 2 aromatic heterocycles. The number of nitrogens with zero attached hydrogens (tertiary/aromatic N) is 2. The Morgan fingerprint density at radius 3 is 2.80 bits per heavy atom. The van der Waals surface area contributed by atoms with Gasteiger partial charge in [0.2, 0.25) is 5.58 Å². The van der Waals surface area contributed by atoms with Gasteiger partial charge in [0.05, 0.1) is 6.33 Å². The average Bonchev–Trinajstić information content (AvgIpc) is 3.09.